The lowest BCUT2D eigenvalue weighted by Gasteiger charge is -2.14. The van der Waals surface area contributed by atoms with Gasteiger partial charge in [-0.05, 0) is 6.07 Å². The van der Waals surface area contributed by atoms with Crippen LogP contribution in [-0.2, 0) is 6.54 Å². The average molecular weight is 273 g/mol. The van der Waals surface area contributed by atoms with Crippen LogP contribution in [0.1, 0.15) is 5.56 Å². The molecule has 0 bridgehead atoms. The van der Waals surface area contributed by atoms with Crippen LogP contribution in [0.25, 0.3) is 0 Å². The molecule has 1 aromatic rings. The van der Waals surface area contributed by atoms with Crippen LogP contribution in [0.5, 0.6) is 5.75 Å². The number of hydrogen-bond acceptors (Lipinski definition) is 2. The second-order valence-electron chi connectivity index (χ2n) is 3.37. The van der Waals surface area contributed by atoms with Crippen molar-refractivity contribution in [3.8, 4) is 5.75 Å². The molecule has 0 aliphatic rings. The molecule has 0 saturated heterocycles. The number of hydrogen-bond donors (Lipinski definition) is 1. The van der Waals surface area contributed by atoms with Crippen LogP contribution in [0.2, 0.25) is 0 Å². The molecule has 0 aromatic heterocycles. The Morgan fingerprint density at radius 3 is 2.17 bits per heavy atom. The minimum atomic E-state index is -4.87. The first-order valence-electron chi connectivity index (χ1n) is 4.78. The molecular weight excluding hydrogens is 264 g/mol. The van der Waals surface area contributed by atoms with Gasteiger partial charge in [-0.3, -0.25) is 0 Å². The van der Waals surface area contributed by atoms with Gasteiger partial charge in [-0.1, -0.05) is 18.2 Å². The van der Waals surface area contributed by atoms with E-state index in [9.17, 15) is 26.3 Å². The maximum Gasteiger partial charge on any atom is 0.573 e. The first-order valence-corrected chi connectivity index (χ1v) is 4.78. The van der Waals surface area contributed by atoms with E-state index < -0.39 is 24.8 Å². The zero-order valence-corrected chi connectivity index (χ0v) is 8.90. The molecule has 0 radical (unpaired) electrons. The molecule has 1 N–H and O–H groups in total. The summed E-state index contributed by atoms with van der Waals surface area (Å²) in [5, 5.41) is 2.00. The third kappa shape index (κ3) is 5.76. The van der Waals surface area contributed by atoms with Gasteiger partial charge in [0.25, 0.3) is 0 Å². The van der Waals surface area contributed by atoms with Crippen molar-refractivity contribution in [2.24, 2.45) is 0 Å². The Balaban J connectivity index is 2.65. The largest absolute Gasteiger partial charge is 0.573 e. The number of ether oxygens (including phenoxy) is 1. The third-order valence-corrected chi connectivity index (χ3v) is 1.84. The van der Waals surface area contributed by atoms with Gasteiger partial charge < -0.3 is 10.1 Å². The molecule has 1 aromatic carbocycles. The molecule has 8 heteroatoms. The van der Waals surface area contributed by atoms with Crippen molar-refractivity contribution < 1.29 is 31.1 Å². The molecule has 0 heterocycles. The highest BCUT2D eigenvalue weighted by Crippen LogP contribution is 2.26. The molecule has 1 rings (SSSR count). The Morgan fingerprint density at radius 2 is 1.61 bits per heavy atom. The molecule has 102 valence electrons. The van der Waals surface area contributed by atoms with E-state index in [2.05, 4.69) is 4.74 Å². The zero-order chi connectivity index (χ0) is 13.8. The maximum atomic E-state index is 12.0. The minimum absolute atomic E-state index is 0.000856. The summed E-state index contributed by atoms with van der Waals surface area (Å²) in [5.74, 6) is -0.514. The fraction of sp³-hybridized carbons (Fsp3) is 0.400. The fourth-order valence-corrected chi connectivity index (χ4v) is 1.21. The quantitative estimate of drug-likeness (QED) is 0.850. The predicted molar refractivity (Wildman–Crippen MR) is 50.9 cm³/mol. The van der Waals surface area contributed by atoms with E-state index in [4.69, 9.17) is 0 Å². The molecule has 2 nitrogen and oxygen atoms in total. The smallest absolute Gasteiger partial charge is 0.405 e. The maximum absolute atomic E-state index is 12.0. The van der Waals surface area contributed by atoms with Crippen LogP contribution in [0.3, 0.4) is 0 Å². The van der Waals surface area contributed by atoms with Gasteiger partial charge in [-0.15, -0.1) is 13.2 Å². The number of rotatable bonds is 4. The second kappa shape index (κ2) is 5.47. The fourth-order valence-electron chi connectivity index (χ4n) is 1.21. The normalized spacial score (nSPS) is 12.6. The number of para-hydroxylation sites is 1. The Kier molecular flexibility index (Phi) is 4.44. The van der Waals surface area contributed by atoms with Crippen molar-refractivity contribution >= 4 is 0 Å². The molecule has 0 spiro atoms. The number of halogens is 6. The lowest BCUT2D eigenvalue weighted by molar-refractivity contribution is -0.274. The average Bonchev–Trinajstić information content (AvgIpc) is 2.16. The Hall–Kier alpha value is -1.44. The molecular formula is C10H9F6NO. The van der Waals surface area contributed by atoms with E-state index in [1.165, 1.54) is 18.2 Å². The molecule has 0 amide bonds. The van der Waals surface area contributed by atoms with Crippen molar-refractivity contribution in [1.29, 1.82) is 0 Å². The molecule has 0 fully saturated rings. The van der Waals surface area contributed by atoms with E-state index in [0.717, 1.165) is 6.07 Å². The van der Waals surface area contributed by atoms with Gasteiger partial charge in [0, 0.05) is 12.1 Å². The topological polar surface area (TPSA) is 21.3 Å². The summed E-state index contributed by atoms with van der Waals surface area (Å²) in [6.45, 7) is -1.65. The van der Waals surface area contributed by atoms with Crippen LogP contribution < -0.4 is 10.1 Å². The number of benzene rings is 1. The van der Waals surface area contributed by atoms with Crippen molar-refractivity contribution in [2.45, 2.75) is 19.1 Å². The molecule has 18 heavy (non-hydrogen) atoms. The van der Waals surface area contributed by atoms with E-state index >= 15 is 0 Å². The summed E-state index contributed by atoms with van der Waals surface area (Å²) in [6.07, 6.45) is -9.29. The van der Waals surface area contributed by atoms with Crippen molar-refractivity contribution in [3.63, 3.8) is 0 Å². The second-order valence-corrected chi connectivity index (χ2v) is 3.37. The lowest BCUT2D eigenvalue weighted by Crippen LogP contribution is -2.28. The van der Waals surface area contributed by atoms with Gasteiger partial charge in [0.2, 0.25) is 0 Å². The summed E-state index contributed by atoms with van der Waals surface area (Å²) >= 11 is 0. The summed E-state index contributed by atoms with van der Waals surface area (Å²) in [7, 11) is 0. The van der Waals surface area contributed by atoms with Gasteiger partial charge in [-0.2, -0.15) is 13.2 Å². The molecule has 0 aliphatic carbocycles. The molecule has 0 aliphatic heterocycles. The minimum Gasteiger partial charge on any atom is -0.405 e. The van der Waals surface area contributed by atoms with E-state index in [0.29, 0.717) is 0 Å². The predicted octanol–water partition coefficient (Wildman–Crippen LogP) is 3.24. The molecule has 0 atom stereocenters. The van der Waals surface area contributed by atoms with E-state index in [1.54, 1.807) is 0 Å². The van der Waals surface area contributed by atoms with Crippen molar-refractivity contribution in [3.05, 3.63) is 29.8 Å². The summed E-state index contributed by atoms with van der Waals surface area (Å²) in [4.78, 5) is 0. The van der Waals surface area contributed by atoms with E-state index in [-0.39, 0.29) is 12.1 Å². The lowest BCUT2D eigenvalue weighted by atomic mass is 10.2. The van der Waals surface area contributed by atoms with Gasteiger partial charge >= 0.3 is 12.5 Å². The third-order valence-electron chi connectivity index (χ3n) is 1.84. The van der Waals surface area contributed by atoms with Crippen molar-refractivity contribution in [1.82, 2.24) is 5.32 Å². The summed E-state index contributed by atoms with van der Waals surface area (Å²) in [5.41, 5.74) is -0.000856. The number of alkyl halides is 6. The Labute approximate surface area is 98.5 Å². The molecule has 0 saturated carbocycles. The Bertz CT molecular complexity index is 387. The van der Waals surface area contributed by atoms with Gasteiger partial charge in [0.05, 0.1) is 6.54 Å². The van der Waals surface area contributed by atoms with Gasteiger partial charge in [0.1, 0.15) is 5.75 Å². The van der Waals surface area contributed by atoms with E-state index in [1.807, 2.05) is 5.32 Å². The Morgan fingerprint density at radius 1 is 1.00 bits per heavy atom. The first-order chi connectivity index (χ1) is 8.17. The van der Waals surface area contributed by atoms with Crippen molar-refractivity contribution in [2.75, 3.05) is 6.54 Å². The first kappa shape index (κ1) is 14.6. The standard InChI is InChI=1S/C10H9F6NO/c11-9(12,13)6-17-5-7-3-1-2-4-8(7)18-10(14,15)16/h1-4,17H,5-6H2. The monoisotopic (exact) mass is 273 g/mol. The highest BCUT2D eigenvalue weighted by Gasteiger charge is 2.32. The molecule has 0 unspecified atom stereocenters. The van der Waals surface area contributed by atoms with Crippen LogP contribution in [0.4, 0.5) is 26.3 Å². The van der Waals surface area contributed by atoms with Crippen LogP contribution in [0, 0.1) is 0 Å². The van der Waals surface area contributed by atoms with Gasteiger partial charge in [-0.25, -0.2) is 0 Å². The number of nitrogens with one attached hydrogen (secondary N) is 1. The van der Waals surface area contributed by atoms with Crippen LogP contribution in [-0.4, -0.2) is 19.1 Å². The highest BCUT2D eigenvalue weighted by atomic mass is 19.4. The van der Waals surface area contributed by atoms with Gasteiger partial charge in [0.15, 0.2) is 0 Å². The summed E-state index contributed by atoms with van der Waals surface area (Å²) in [6, 6.07) is 5.00. The van der Waals surface area contributed by atoms with Crippen LogP contribution >= 0.6 is 0 Å². The SMILES string of the molecule is FC(F)(F)CNCc1ccccc1OC(F)(F)F. The highest BCUT2D eigenvalue weighted by molar-refractivity contribution is 5.33. The summed E-state index contributed by atoms with van der Waals surface area (Å²) < 4.78 is 75.3. The zero-order valence-electron chi connectivity index (χ0n) is 8.90. The van der Waals surface area contributed by atoms with Crippen LogP contribution in [0.15, 0.2) is 24.3 Å².